The van der Waals surface area contributed by atoms with E-state index in [9.17, 15) is 9.59 Å². The summed E-state index contributed by atoms with van der Waals surface area (Å²) in [5.41, 5.74) is 4.50. The van der Waals surface area contributed by atoms with Crippen LogP contribution in [0.3, 0.4) is 0 Å². The molecule has 0 aromatic carbocycles. The summed E-state index contributed by atoms with van der Waals surface area (Å²) < 4.78 is 0. The minimum absolute atomic E-state index is 0.217. The molecule has 82 valence electrons. The monoisotopic (exact) mass is 201 g/mol. The number of nitrogens with two attached hydrogens (primary N) is 1. The Morgan fingerprint density at radius 1 is 1.43 bits per heavy atom. The van der Waals surface area contributed by atoms with Crippen LogP contribution in [0.4, 0.5) is 0 Å². The van der Waals surface area contributed by atoms with Gasteiger partial charge in [0, 0.05) is 6.42 Å². The number of hydrogen-bond acceptors (Lipinski definition) is 3. The maximum absolute atomic E-state index is 10.9. The second-order valence-corrected chi connectivity index (χ2v) is 3.62. The van der Waals surface area contributed by atoms with E-state index >= 15 is 0 Å². The van der Waals surface area contributed by atoms with E-state index in [4.69, 9.17) is 10.8 Å². The van der Waals surface area contributed by atoms with Crippen LogP contribution in [0.1, 0.15) is 45.4 Å². The highest BCUT2D eigenvalue weighted by Gasteiger charge is 2.32. The van der Waals surface area contributed by atoms with E-state index in [2.05, 4.69) is 0 Å². The van der Waals surface area contributed by atoms with Gasteiger partial charge in [-0.3, -0.25) is 4.79 Å². The average molecular weight is 201 g/mol. The molecule has 0 fully saturated rings. The van der Waals surface area contributed by atoms with E-state index in [0.29, 0.717) is 12.7 Å². The zero-order valence-electron chi connectivity index (χ0n) is 8.66. The van der Waals surface area contributed by atoms with Crippen LogP contribution in [0.2, 0.25) is 0 Å². The van der Waals surface area contributed by atoms with Gasteiger partial charge in [-0.25, -0.2) is 0 Å². The van der Waals surface area contributed by atoms with Crippen LogP contribution < -0.4 is 5.73 Å². The fraction of sp³-hybridized carbons (Fsp3) is 0.800. The van der Waals surface area contributed by atoms with Gasteiger partial charge in [0.25, 0.3) is 0 Å². The van der Waals surface area contributed by atoms with Crippen molar-refractivity contribution in [1.82, 2.24) is 0 Å². The summed E-state index contributed by atoms with van der Waals surface area (Å²) in [6, 6.07) is 0. The van der Waals surface area contributed by atoms with Crippen molar-refractivity contribution < 1.29 is 14.7 Å². The van der Waals surface area contributed by atoms with E-state index in [1.54, 1.807) is 0 Å². The first-order chi connectivity index (χ1) is 6.56. The molecular weight excluding hydrogens is 182 g/mol. The molecule has 0 aliphatic heterocycles. The van der Waals surface area contributed by atoms with Crippen molar-refractivity contribution in [2.45, 2.75) is 51.0 Å². The minimum Gasteiger partial charge on any atom is -0.480 e. The molecule has 0 aromatic rings. The highest BCUT2D eigenvalue weighted by Crippen LogP contribution is 2.18. The van der Waals surface area contributed by atoms with Crippen LogP contribution in [-0.4, -0.2) is 22.9 Å². The van der Waals surface area contributed by atoms with Gasteiger partial charge in [0.05, 0.1) is 0 Å². The van der Waals surface area contributed by atoms with Crippen LogP contribution in [0.25, 0.3) is 0 Å². The Morgan fingerprint density at radius 3 is 2.50 bits per heavy atom. The molecule has 14 heavy (non-hydrogen) atoms. The summed E-state index contributed by atoms with van der Waals surface area (Å²) >= 11 is 0. The summed E-state index contributed by atoms with van der Waals surface area (Å²) in [6.45, 7) is 2.05. The van der Waals surface area contributed by atoms with Crippen LogP contribution >= 0.6 is 0 Å². The highest BCUT2D eigenvalue weighted by atomic mass is 16.4. The fourth-order valence-corrected chi connectivity index (χ4v) is 1.35. The summed E-state index contributed by atoms with van der Waals surface area (Å²) in [5.74, 6) is -1.00. The Hall–Kier alpha value is -0.900. The van der Waals surface area contributed by atoms with Gasteiger partial charge in [0.2, 0.25) is 0 Å². The fourth-order valence-electron chi connectivity index (χ4n) is 1.35. The lowest BCUT2D eigenvalue weighted by atomic mass is 9.89. The van der Waals surface area contributed by atoms with Gasteiger partial charge < -0.3 is 15.6 Å². The second kappa shape index (κ2) is 6.54. The normalized spacial score (nSPS) is 14.7. The molecule has 4 heteroatoms. The van der Waals surface area contributed by atoms with Gasteiger partial charge >= 0.3 is 5.97 Å². The Bertz CT molecular complexity index is 194. The quantitative estimate of drug-likeness (QED) is 0.458. The van der Waals surface area contributed by atoms with Gasteiger partial charge in [-0.15, -0.1) is 0 Å². The average Bonchev–Trinajstić information content (AvgIpc) is 2.15. The molecule has 0 aliphatic rings. The van der Waals surface area contributed by atoms with Gasteiger partial charge in [0.15, 0.2) is 0 Å². The molecular formula is C10H19NO3. The van der Waals surface area contributed by atoms with E-state index < -0.39 is 11.5 Å². The predicted octanol–water partition coefficient (Wildman–Crippen LogP) is 1.33. The zero-order valence-corrected chi connectivity index (χ0v) is 8.66. The number of carbonyl (C=O) groups excluding carboxylic acids is 1. The molecule has 0 aromatic heterocycles. The maximum atomic E-state index is 10.9. The van der Waals surface area contributed by atoms with Crippen molar-refractivity contribution >= 4 is 12.3 Å². The first-order valence-electron chi connectivity index (χ1n) is 5.02. The molecule has 0 spiro atoms. The van der Waals surface area contributed by atoms with Crippen LogP contribution in [-0.2, 0) is 9.59 Å². The number of rotatable bonds is 8. The first kappa shape index (κ1) is 13.1. The third kappa shape index (κ3) is 4.37. The van der Waals surface area contributed by atoms with Gasteiger partial charge in [-0.2, -0.15) is 0 Å². The van der Waals surface area contributed by atoms with E-state index in [1.165, 1.54) is 0 Å². The predicted molar refractivity (Wildman–Crippen MR) is 54.0 cm³/mol. The topological polar surface area (TPSA) is 80.4 Å². The molecule has 0 rings (SSSR count). The molecule has 0 aliphatic carbocycles. The molecule has 0 radical (unpaired) electrons. The van der Waals surface area contributed by atoms with E-state index in [0.717, 1.165) is 19.3 Å². The molecule has 4 nitrogen and oxygen atoms in total. The lowest BCUT2D eigenvalue weighted by molar-refractivity contribution is -0.144. The number of hydrogen-bond donors (Lipinski definition) is 2. The smallest absolute Gasteiger partial charge is 0.323 e. The molecule has 0 saturated heterocycles. The third-order valence-corrected chi connectivity index (χ3v) is 2.36. The van der Waals surface area contributed by atoms with Gasteiger partial charge in [0.1, 0.15) is 11.8 Å². The Kier molecular flexibility index (Phi) is 6.12. The number of aliphatic carboxylic acids is 1. The standard InChI is InChI=1S/C10H19NO3/c1-2-3-4-6-10(11,9(13)14)7-5-8-12/h8H,2-7,11H2,1H3,(H,13,14). The van der Waals surface area contributed by atoms with Crippen molar-refractivity contribution in [3.05, 3.63) is 0 Å². The first-order valence-corrected chi connectivity index (χ1v) is 5.02. The zero-order chi connectivity index (χ0) is 11.0. The lowest BCUT2D eigenvalue weighted by Crippen LogP contribution is -2.47. The number of unbranched alkanes of at least 4 members (excludes halogenated alkanes) is 2. The lowest BCUT2D eigenvalue weighted by Gasteiger charge is -2.23. The van der Waals surface area contributed by atoms with Crippen molar-refractivity contribution in [2.24, 2.45) is 5.73 Å². The molecule has 0 amide bonds. The van der Waals surface area contributed by atoms with Crippen molar-refractivity contribution in [2.75, 3.05) is 0 Å². The van der Waals surface area contributed by atoms with Crippen LogP contribution in [0.15, 0.2) is 0 Å². The molecule has 0 bridgehead atoms. The van der Waals surface area contributed by atoms with E-state index in [-0.39, 0.29) is 12.8 Å². The number of carbonyl (C=O) groups is 2. The maximum Gasteiger partial charge on any atom is 0.323 e. The summed E-state index contributed by atoms with van der Waals surface area (Å²) in [5, 5.41) is 8.92. The Morgan fingerprint density at radius 2 is 2.07 bits per heavy atom. The van der Waals surface area contributed by atoms with Crippen LogP contribution in [0, 0.1) is 0 Å². The van der Waals surface area contributed by atoms with Crippen LogP contribution in [0.5, 0.6) is 0 Å². The largest absolute Gasteiger partial charge is 0.480 e. The minimum atomic E-state index is -1.21. The molecule has 0 saturated carbocycles. The number of carboxylic acid groups (broad SMARTS) is 1. The summed E-state index contributed by atoms with van der Waals surface area (Å²) in [6.07, 6.45) is 4.42. The van der Waals surface area contributed by atoms with Crippen molar-refractivity contribution in [1.29, 1.82) is 0 Å². The van der Waals surface area contributed by atoms with E-state index in [1.807, 2.05) is 6.92 Å². The van der Waals surface area contributed by atoms with Crippen molar-refractivity contribution in [3.63, 3.8) is 0 Å². The Balaban J connectivity index is 4.09. The summed E-state index contributed by atoms with van der Waals surface area (Å²) in [4.78, 5) is 21.0. The molecule has 1 atom stereocenters. The number of carboxylic acids is 1. The van der Waals surface area contributed by atoms with Gasteiger partial charge in [-0.1, -0.05) is 26.2 Å². The van der Waals surface area contributed by atoms with Gasteiger partial charge in [-0.05, 0) is 12.8 Å². The summed E-state index contributed by atoms with van der Waals surface area (Å²) in [7, 11) is 0. The third-order valence-electron chi connectivity index (χ3n) is 2.36. The molecule has 3 N–H and O–H groups in total. The Labute approximate surface area is 84.5 Å². The van der Waals surface area contributed by atoms with Crippen molar-refractivity contribution in [3.8, 4) is 0 Å². The SMILES string of the molecule is CCCCCC(N)(CCC=O)C(=O)O. The number of aldehydes is 1. The molecule has 0 heterocycles. The second-order valence-electron chi connectivity index (χ2n) is 3.62. The molecule has 1 unspecified atom stereocenters. The highest BCUT2D eigenvalue weighted by molar-refractivity contribution is 5.78.